The SMILES string of the molecule is NC(N)=NCCC[C@@H]1N[C@H](CNC(=O)c2ccc3ccccc3c2)CCN(C[C@@H](C(=O)Nc2ccccc2)c2ccccc2)C1=O. The second kappa shape index (κ2) is 15.7. The van der Waals surface area contributed by atoms with E-state index in [0.717, 1.165) is 16.3 Å². The molecule has 0 spiro atoms. The minimum Gasteiger partial charge on any atom is -0.370 e. The number of nitrogens with one attached hydrogen (secondary N) is 3. The quantitative estimate of drug-likeness (QED) is 0.0928. The topological polar surface area (TPSA) is 155 Å². The monoisotopic (exact) mass is 619 g/mol. The zero-order valence-electron chi connectivity index (χ0n) is 25.8. The largest absolute Gasteiger partial charge is 0.370 e. The number of para-hydroxylation sites is 1. The van der Waals surface area contributed by atoms with E-state index in [4.69, 9.17) is 11.5 Å². The maximum absolute atomic E-state index is 14.0. The molecule has 4 aromatic carbocycles. The van der Waals surface area contributed by atoms with Gasteiger partial charge in [0.05, 0.1) is 12.0 Å². The van der Waals surface area contributed by atoms with Crippen LogP contribution in [0.3, 0.4) is 0 Å². The second-order valence-electron chi connectivity index (χ2n) is 11.5. The number of guanidine groups is 1. The van der Waals surface area contributed by atoms with E-state index in [1.54, 1.807) is 4.90 Å². The molecule has 1 aliphatic rings. The van der Waals surface area contributed by atoms with Gasteiger partial charge in [0.25, 0.3) is 5.91 Å². The molecule has 7 N–H and O–H groups in total. The van der Waals surface area contributed by atoms with Crippen LogP contribution < -0.4 is 27.4 Å². The van der Waals surface area contributed by atoms with E-state index in [2.05, 4.69) is 20.9 Å². The van der Waals surface area contributed by atoms with Crippen LogP contribution in [0, 0.1) is 0 Å². The van der Waals surface area contributed by atoms with Crippen molar-refractivity contribution in [2.45, 2.75) is 37.3 Å². The lowest BCUT2D eigenvalue weighted by molar-refractivity contribution is -0.133. The number of hydrogen-bond acceptors (Lipinski definition) is 5. The fourth-order valence-corrected chi connectivity index (χ4v) is 5.78. The Morgan fingerprint density at radius 3 is 2.35 bits per heavy atom. The summed E-state index contributed by atoms with van der Waals surface area (Å²) in [5, 5.41) is 11.6. The molecule has 238 valence electrons. The van der Waals surface area contributed by atoms with Crippen LogP contribution in [-0.4, -0.2) is 66.8 Å². The van der Waals surface area contributed by atoms with Gasteiger partial charge in [0.15, 0.2) is 5.96 Å². The van der Waals surface area contributed by atoms with Gasteiger partial charge >= 0.3 is 0 Å². The first-order valence-electron chi connectivity index (χ1n) is 15.7. The maximum Gasteiger partial charge on any atom is 0.251 e. The Morgan fingerprint density at radius 1 is 0.913 bits per heavy atom. The van der Waals surface area contributed by atoms with Crippen molar-refractivity contribution >= 4 is 40.1 Å². The molecule has 1 aliphatic heterocycles. The molecule has 10 heteroatoms. The number of hydrogen-bond donors (Lipinski definition) is 5. The summed E-state index contributed by atoms with van der Waals surface area (Å²) >= 11 is 0. The maximum atomic E-state index is 14.0. The highest BCUT2D eigenvalue weighted by Crippen LogP contribution is 2.23. The zero-order chi connectivity index (χ0) is 32.3. The van der Waals surface area contributed by atoms with Crippen LogP contribution in [0.15, 0.2) is 108 Å². The highest BCUT2D eigenvalue weighted by atomic mass is 16.2. The van der Waals surface area contributed by atoms with Gasteiger partial charge in [-0.1, -0.05) is 78.9 Å². The summed E-state index contributed by atoms with van der Waals surface area (Å²) in [7, 11) is 0. The van der Waals surface area contributed by atoms with Crippen molar-refractivity contribution in [3.63, 3.8) is 0 Å². The first-order chi connectivity index (χ1) is 22.4. The Labute approximate surface area is 269 Å². The zero-order valence-corrected chi connectivity index (χ0v) is 25.8. The second-order valence-corrected chi connectivity index (χ2v) is 11.5. The molecule has 46 heavy (non-hydrogen) atoms. The lowest BCUT2D eigenvalue weighted by Gasteiger charge is -2.28. The number of aliphatic imine (C=N–C) groups is 1. The lowest BCUT2D eigenvalue weighted by atomic mass is 9.96. The van der Waals surface area contributed by atoms with Crippen LogP contribution in [0.4, 0.5) is 5.69 Å². The molecule has 0 aliphatic carbocycles. The number of nitrogens with zero attached hydrogens (tertiary/aromatic N) is 2. The van der Waals surface area contributed by atoms with Crippen LogP contribution in [0.2, 0.25) is 0 Å². The first kappa shape index (κ1) is 32.2. The summed E-state index contributed by atoms with van der Waals surface area (Å²) < 4.78 is 0. The van der Waals surface area contributed by atoms with E-state index in [1.807, 2.05) is 103 Å². The van der Waals surface area contributed by atoms with Gasteiger partial charge in [-0.15, -0.1) is 0 Å². The number of carbonyl (C=O) groups excluding carboxylic acids is 3. The average Bonchev–Trinajstić information content (AvgIpc) is 3.22. The lowest BCUT2D eigenvalue weighted by Crippen LogP contribution is -2.49. The smallest absolute Gasteiger partial charge is 0.251 e. The van der Waals surface area contributed by atoms with Crippen molar-refractivity contribution in [1.29, 1.82) is 0 Å². The van der Waals surface area contributed by atoms with Crippen LogP contribution in [0.5, 0.6) is 0 Å². The molecule has 1 fully saturated rings. The van der Waals surface area contributed by atoms with E-state index in [1.165, 1.54) is 0 Å². The van der Waals surface area contributed by atoms with Crippen LogP contribution >= 0.6 is 0 Å². The predicted molar refractivity (Wildman–Crippen MR) is 182 cm³/mol. The Bertz CT molecular complexity index is 1660. The number of fused-ring (bicyclic) bond motifs is 1. The summed E-state index contributed by atoms with van der Waals surface area (Å²) in [4.78, 5) is 46.6. The molecule has 3 amide bonds. The summed E-state index contributed by atoms with van der Waals surface area (Å²) in [5.74, 6) is -1.04. The van der Waals surface area contributed by atoms with Gasteiger partial charge in [0.2, 0.25) is 11.8 Å². The van der Waals surface area contributed by atoms with E-state index in [9.17, 15) is 14.4 Å². The minimum atomic E-state index is -0.586. The third-order valence-corrected chi connectivity index (χ3v) is 8.22. The Balaban J connectivity index is 1.31. The van der Waals surface area contributed by atoms with Crippen molar-refractivity contribution in [2.75, 3.05) is 31.5 Å². The van der Waals surface area contributed by atoms with E-state index >= 15 is 0 Å². The fraction of sp³-hybridized carbons (Fsp3) is 0.278. The fourth-order valence-electron chi connectivity index (χ4n) is 5.78. The molecular weight excluding hydrogens is 578 g/mol. The van der Waals surface area contributed by atoms with E-state index in [0.29, 0.717) is 50.1 Å². The molecular formula is C36H41N7O3. The summed E-state index contributed by atoms with van der Waals surface area (Å²) in [6.45, 7) is 1.37. The predicted octanol–water partition coefficient (Wildman–Crippen LogP) is 3.60. The van der Waals surface area contributed by atoms with Crippen molar-refractivity contribution < 1.29 is 14.4 Å². The van der Waals surface area contributed by atoms with Gasteiger partial charge < -0.3 is 32.3 Å². The highest BCUT2D eigenvalue weighted by Gasteiger charge is 2.34. The van der Waals surface area contributed by atoms with Gasteiger partial charge in [0, 0.05) is 43.5 Å². The molecule has 0 bridgehead atoms. The van der Waals surface area contributed by atoms with Gasteiger partial charge in [0.1, 0.15) is 0 Å². The van der Waals surface area contributed by atoms with Crippen molar-refractivity contribution in [3.8, 4) is 0 Å². The number of amides is 3. The van der Waals surface area contributed by atoms with E-state index in [-0.39, 0.29) is 36.3 Å². The standard InChI is InChI=1S/C36H41N7O3/c37-36(38)39-20-9-16-32-35(46)43(24-31(26-11-3-1-4-12-26)34(45)42-29-14-5-2-6-15-29)21-19-30(41-32)23-40-33(44)28-18-17-25-10-7-8-13-27(25)22-28/h1-8,10-15,17-18,22,30-32,41H,9,16,19-21,23-24H2,(H,40,44)(H,42,45)(H4,37,38,39)/t30-,31+,32-/m0/s1. The van der Waals surface area contributed by atoms with Crippen molar-refractivity contribution in [3.05, 3.63) is 114 Å². The summed E-state index contributed by atoms with van der Waals surface area (Å²) in [6, 6.07) is 31.7. The molecule has 0 aromatic heterocycles. The highest BCUT2D eigenvalue weighted by molar-refractivity contribution is 5.99. The Kier molecular flexibility index (Phi) is 11.0. The molecule has 0 radical (unpaired) electrons. The molecule has 0 saturated carbocycles. The number of nitrogens with two attached hydrogens (primary N) is 2. The number of carbonyl (C=O) groups is 3. The summed E-state index contributed by atoms with van der Waals surface area (Å²) in [5.41, 5.74) is 13.1. The normalized spacial score (nSPS) is 17.1. The van der Waals surface area contributed by atoms with Crippen LogP contribution in [-0.2, 0) is 9.59 Å². The molecule has 3 atom stereocenters. The number of anilines is 1. The van der Waals surface area contributed by atoms with Crippen LogP contribution in [0.1, 0.15) is 41.1 Å². The molecule has 10 nitrogen and oxygen atoms in total. The van der Waals surface area contributed by atoms with Gasteiger partial charge in [-0.3, -0.25) is 19.4 Å². The average molecular weight is 620 g/mol. The van der Waals surface area contributed by atoms with Gasteiger partial charge in [-0.2, -0.15) is 0 Å². The van der Waals surface area contributed by atoms with E-state index < -0.39 is 12.0 Å². The molecule has 0 unspecified atom stereocenters. The minimum absolute atomic E-state index is 0.00573. The molecule has 1 heterocycles. The third-order valence-electron chi connectivity index (χ3n) is 8.22. The number of rotatable bonds is 12. The van der Waals surface area contributed by atoms with Crippen LogP contribution in [0.25, 0.3) is 10.8 Å². The summed E-state index contributed by atoms with van der Waals surface area (Å²) in [6.07, 6.45) is 1.67. The number of benzene rings is 4. The Morgan fingerprint density at radius 2 is 1.61 bits per heavy atom. The third kappa shape index (κ3) is 8.70. The molecule has 1 saturated heterocycles. The Hall–Kier alpha value is -5.22. The first-order valence-corrected chi connectivity index (χ1v) is 15.7. The molecule has 5 rings (SSSR count). The van der Waals surface area contributed by atoms with Gasteiger partial charge in [-0.25, -0.2) is 0 Å². The van der Waals surface area contributed by atoms with Gasteiger partial charge in [-0.05, 0) is 59.9 Å². The molecule has 4 aromatic rings. The van der Waals surface area contributed by atoms with Crippen molar-refractivity contribution in [2.24, 2.45) is 16.5 Å². The van der Waals surface area contributed by atoms with Crippen molar-refractivity contribution in [1.82, 2.24) is 15.5 Å².